The Hall–Kier alpha value is -0.940. The van der Waals surface area contributed by atoms with Crippen molar-refractivity contribution in [2.45, 2.75) is 38.3 Å². The second-order valence-corrected chi connectivity index (χ2v) is 4.47. The van der Waals surface area contributed by atoms with Crippen LogP contribution in [-0.4, -0.2) is 41.7 Å². The predicted molar refractivity (Wildman–Crippen MR) is 61.0 cm³/mol. The largest absolute Gasteiger partial charge is 0.338 e. The summed E-state index contributed by atoms with van der Waals surface area (Å²) in [7, 11) is 4.05. The predicted octanol–water partition coefficient (Wildman–Crippen LogP) is 0.816. The first-order valence-electron chi connectivity index (χ1n) is 5.96. The van der Waals surface area contributed by atoms with Gasteiger partial charge in [-0.05, 0) is 33.5 Å². The van der Waals surface area contributed by atoms with Crippen molar-refractivity contribution < 1.29 is 4.52 Å². The summed E-state index contributed by atoms with van der Waals surface area (Å²) in [6.45, 7) is 1.83. The molecule has 1 unspecified atom stereocenters. The van der Waals surface area contributed by atoms with Crippen molar-refractivity contribution in [1.82, 2.24) is 20.4 Å². The molecular weight excluding hydrogens is 204 g/mol. The van der Waals surface area contributed by atoms with Crippen molar-refractivity contribution in [3.63, 3.8) is 0 Å². The van der Waals surface area contributed by atoms with E-state index in [4.69, 9.17) is 4.52 Å². The minimum absolute atomic E-state index is 0.578. The molecule has 1 atom stereocenters. The van der Waals surface area contributed by atoms with Crippen LogP contribution in [0.15, 0.2) is 4.52 Å². The van der Waals surface area contributed by atoms with Crippen LogP contribution in [0.25, 0.3) is 0 Å². The number of piperidine rings is 1. The smallest absolute Gasteiger partial charge is 0.240 e. The fourth-order valence-electron chi connectivity index (χ4n) is 2.21. The van der Waals surface area contributed by atoms with Gasteiger partial charge in [0.05, 0.1) is 6.54 Å². The lowest BCUT2D eigenvalue weighted by molar-refractivity contribution is 0.181. The van der Waals surface area contributed by atoms with E-state index >= 15 is 0 Å². The molecule has 5 nitrogen and oxygen atoms in total. The maximum atomic E-state index is 5.14. The molecule has 16 heavy (non-hydrogen) atoms. The maximum Gasteiger partial charge on any atom is 0.240 e. The molecule has 0 aromatic carbocycles. The van der Waals surface area contributed by atoms with Crippen LogP contribution in [-0.2, 0) is 13.0 Å². The lowest BCUT2D eigenvalue weighted by Gasteiger charge is -2.31. The van der Waals surface area contributed by atoms with E-state index in [1.54, 1.807) is 0 Å². The fraction of sp³-hybridized carbons (Fsp3) is 0.818. The van der Waals surface area contributed by atoms with Crippen LogP contribution in [0.1, 0.15) is 31.0 Å². The molecule has 2 heterocycles. The average molecular weight is 224 g/mol. The zero-order chi connectivity index (χ0) is 11.4. The van der Waals surface area contributed by atoms with E-state index in [1.165, 1.54) is 25.8 Å². The number of aromatic nitrogens is 2. The fourth-order valence-corrected chi connectivity index (χ4v) is 2.21. The first kappa shape index (κ1) is 11.5. The van der Waals surface area contributed by atoms with E-state index in [0.29, 0.717) is 18.5 Å². The Balaban J connectivity index is 1.91. The van der Waals surface area contributed by atoms with E-state index < -0.39 is 0 Å². The monoisotopic (exact) mass is 224 g/mol. The third-order valence-corrected chi connectivity index (χ3v) is 3.18. The Morgan fingerprint density at radius 1 is 1.50 bits per heavy atom. The van der Waals surface area contributed by atoms with Crippen molar-refractivity contribution in [3.05, 3.63) is 11.7 Å². The summed E-state index contributed by atoms with van der Waals surface area (Å²) in [4.78, 5) is 6.76. The summed E-state index contributed by atoms with van der Waals surface area (Å²) < 4.78 is 5.14. The SMILES string of the molecule is CNCc1nc(CC2CCCCN2C)no1. The van der Waals surface area contributed by atoms with Gasteiger partial charge in [-0.25, -0.2) is 0 Å². The minimum atomic E-state index is 0.578. The Bertz CT molecular complexity index is 326. The van der Waals surface area contributed by atoms with Gasteiger partial charge in [-0.15, -0.1) is 0 Å². The van der Waals surface area contributed by atoms with Gasteiger partial charge in [-0.3, -0.25) is 0 Å². The molecule has 1 aromatic heterocycles. The van der Waals surface area contributed by atoms with Gasteiger partial charge < -0.3 is 14.7 Å². The number of nitrogens with one attached hydrogen (secondary N) is 1. The Morgan fingerprint density at radius 3 is 3.12 bits per heavy atom. The first-order valence-corrected chi connectivity index (χ1v) is 5.96. The molecule has 5 heteroatoms. The highest BCUT2D eigenvalue weighted by atomic mass is 16.5. The Labute approximate surface area is 96.2 Å². The van der Waals surface area contributed by atoms with E-state index in [9.17, 15) is 0 Å². The molecular formula is C11H20N4O. The van der Waals surface area contributed by atoms with E-state index in [0.717, 1.165) is 12.2 Å². The van der Waals surface area contributed by atoms with Gasteiger partial charge in [0.2, 0.25) is 5.89 Å². The van der Waals surface area contributed by atoms with Crippen molar-refractivity contribution in [1.29, 1.82) is 0 Å². The van der Waals surface area contributed by atoms with Crippen LogP contribution in [0.2, 0.25) is 0 Å². The molecule has 1 saturated heterocycles. The van der Waals surface area contributed by atoms with Crippen LogP contribution >= 0.6 is 0 Å². The van der Waals surface area contributed by atoms with E-state index in [2.05, 4.69) is 27.4 Å². The molecule has 0 amide bonds. The molecule has 0 saturated carbocycles. The van der Waals surface area contributed by atoms with E-state index in [-0.39, 0.29) is 0 Å². The molecule has 1 N–H and O–H groups in total. The summed E-state index contributed by atoms with van der Waals surface area (Å²) in [6.07, 6.45) is 4.77. The lowest BCUT2D eigenvalue weighted by atomic mass is 10.00. The Kier molecular flexibility index (Phi) is 3.90. The van der Waals surface area contributed by atoms with Gasteiger partial charge >= 0.3 is 0 Å². The third kappa shape index (κ3) is 2.80. The number of nitrogens with zero attached hydrogens (tertiary/aromatic N) is 3. The number of likely N-dealkylation sites (N-methyl/N-ethyl adjacent to an activating group) is 1. The quantitative estimate of drug-likeness (QED) is 0.820. The van der Waals surface area contributed by atoms with Crippen LogP contribution in [0, 0.1) is 0 Å². The first-order chi connectivity index (χ1) is 7.79. The molecule has 1 aliphatic heterocycles. The molecule has 2 rings (SSSR count). The van der Waals surface area contributed by atoms with Gasteiger partial charge in [0.1, 0.15) is 0 Å². The minimum Gasteiger partial charge on any atom is -0.338 e. The highest BCUT2D eigenvalue weighted by Crippen LogP contribution is 2.17. The van der Waals surface area contributed by atoms with Crippen LogP contribution in [0.3, 0.4) is 0 Å². The standard InChI is InChI=1S/C11H20N4O/c1-12-8-11-13-10(14-16-11)7-9-5-3-4-6-15(9)2/h9,12H,3-8H2,1-2H3. The van der Waals surface area contributed by atoms with Gasteiger partial charge in [-0.1, -0.05) is 11.6 Å². The van der Waals surface area contributed by atoms with Gasteiger partial charge in [0.15, 0.2) is 5.82 Å². The Morgan fingerprint density at radius 2 is 2.38 bits per heavy atom. The lowest BCUT2D eigenvalue weighted by Crippen LogP contribution is -2.37. The topological polar surface area (TPSA) is 54.2 Å². The van der Waals surface area contributed by atoms with E-state index in [1.807, 2.05) is 7.05 Å². The zero-order valence-corrected chi connectivity index (χ0v) is 10.1. The summed E-state index contributed by atoms with van der Waals surface area (Å²) in [5.74, 6) is 1.51. The molecule has 0 spiro atoms. The van der Waals surface area contributed by atoms with Gasteiger partial charge in [-0.2, -0.15) is 4.98 Å². The van der Waals surface area contributed by atoms with Crippen molar-refractivity contribution >= 4 is 0 Å². The number of rotatable bonds is 4. The summed E-state index contributed by atoms with van der Waals surface area (Å²) in [5, 5.41) is 7.01. The highest BCUT2D eigenvalue weighted by Gasteiger charge is 2.21. The number of hydrogen-bond donors (Lipinski definition) is 1. The molecule has 0 aliphatic carbocycles. The summed E-state index contributed by atoms with van der Waals surface area (Å²) in [5.41, 5.74) is 0. The molecule has 0 bridgehead atoms. The van der Waals surface area contributed by atoms with Crippen molar-refractivity contribution in [2.75, 3.05) is 20.6 Å². The molecule has 90 valence electrons. The van der Waals surface area contributed by atoms with Crippen molar-refractivity contribution in [3.8, 4) is 0 Å². The van der Waals surface area contributed by atoms with Gasteiger partial charge in [0, 0.05) is 12.5 Å². The average Bonchev–Trinajstić information content (AvgIpc) is 2.70. The third-order valence-electron chi connectivity index (χ3n) is 3.18. The van der Waals surface area contributed by atoms with Gasteiger partial charge in [0.25, 0.3) is 0 Å². The normalized spacial score (nSPS) is 22.5. The second-order valence-electron chi connectivity index (χ2n) is 4.47. The number of hydrogen-bond acceptors (Lipinski definition) is 5. The van der Waals surface area contributed by atoms with Crippen LogP contribution < -0.4 is 5.32 Å². The molecule has 0 radical (unpaired) electrons. The van der Waals surface area contributed by atoms with Crippen LogP contribution in [0.4, 0.5) is 0 Å². The molecule has 1 aliphatic rings. The highest BCUT2D eigenvalue weighted by molar-refractivity contribution is 4.91. The van der Waals surface area contributed by atoms with Crippen molar-refractivity contribution in [2.24, 2.45) is 0 Å². The molecule has 1 aromatic rings. The molecule has 1 fully saturated rings. The van der Waals surface area contributed by atoms with Crippen LogP contribution in [0.5, 0.6) is 0 Å². The second kappa shape index (κ2) is 5.41. The summed E-state index contributed by atoms with van der Waals surface area (Å²) >= 11 is 0. The number of likely N-dealkylation sites (tertiary alicyclic amines) is 1. The maximum absolute atomic E-state index is 5.14. The zero-order valence-electron chi connectivity index (χ0n) is 10.1. The summed E-state index contributed by atoms with van der Waals surface area (Å²) in [6, 6.07) is 0.578.